The molecule has 1 atom stereocenters. The van der Waals surface area contributed by atoms with Crippen molar-refractivity contribution in [3.63, 3.8) is 0 Å². The molecule has 0 aliphatic heterocycles. The molecule has 0 aliphatic carbocycles. The summed E-state index contributed by atoms with van der Waals surface area (Å²) < 4.78 is 29.4. The van der Waals surface area contributed by atoms with Gasteiger partial charge in [-0.2, -0.15) is 0 Å². The molecule has 1 aromatic rings. The highest BCUT2D eigenvalue weighted by Crippen LogP contribution is 2.14. The smallest absolute Gasteiger partial charge is 0.338 e. The maximum Gasteiger partial charge on any atom is 0.338 e. The summed E-state index contributed by atoms with van der Waals surface area (Å²) in [5.74, 6) is -1.95. The van der Waals surface area contributed by atoms with Crippen LogP contribution in [0.3, 0.4) is 0 Å². The van der Waals surface area contributed by atoms with Gasteiger partial charge in [-0.3, -0.25) is 4.21 Å². The summed E-state index contributed by atoms with van der Waals surface area (Å²) in [6.45, 7) is 0.298. The summed E-state index contributed by atoms with van der Waals surface area (Å²) in [5, 5.41) is 8.68. The normalized spacial score (nSPS) is 12.4. The highest BCUT2D eigenvalue weighted by Gasteiger charge is 2.13. The van der Waals surface area contributed by atoms with Crippen molar-refractivity contribution in [1.82, 2.24) is 0 Å². The lowest BCUT2D eigenvalue weighted by Gasteiger charge is -2.03. The summed E-state index contributed by atoms with van der Waals surface area (Å²) in [7, 11) is 0.103. The van der Waals surface area contributed by atoms with Crippen LogP contribution in [-0.4, -0.2) is 34.8 Å². The fraction of sp³-hybridized carbons (Fsp3) is 0.300. The fourth-order valence-corrected chi connectivity index (χ4v) is 2.11. The molecule has 0 fully saturated rings. The Kier molecular flexibility index (Phi) is 4.57. The zero-order chi connectivity index (χ0) is 12.1. The molecule has 16 heavy (non-hydrogen) atoms. The Morgan fingerprint density at radius 3 is 2.81 bits per heavy atom. The summed E-state index contributed by atoms with van der Waals surface area (Å²) in [6.07, 6.45) is 0. The standard InChI is InChI=1S/C10H11FO4S/c1-15-4-5-16(14)7-2-3-9(11)8(6-7)10(12)13/h2-3,6H,4-5H2,1H3,(H,12,13). The molecule has 0 amide bonds. The zero-order valence-corrected chi connectivity index (χ0v) is 9.42. The van der Waals surface area contributed by atoms with Crippen LogP contribution in [0, 0.1) is 5.82 Å². The van der Waals surface area contributed by atoms with Gasteiger partial charge in [0.15, 0.2) is 0 Å². The molecule has 6 heteroatoms. The first-order valence-electron chi connectivity index (χ1n) is 4.46. The number of methoxy groups -OCH3 is 1. The van der Waals surface area contributed by atoms with E-state index in [4.69, 9.17) is 9.84 Å². The van der Waals surface area contributed by atoms with Crippen molar-refractivity contribution in [1.29, 1.82) is 0 Å². The summed E-state index contributed by atoms with van der Waals surface area (Å²) in [4.78, 5) is 10.9. The number of aromatic carboxylic acids is 1. The van der Waals surface area contributed by atoms with E-state index in [2.05, 4.69) is 0 Å². The predicted molar refractivity (Wildman–Crippen MR) is 56.5 cm³/mol. The number of carbonyl (C=O) groups is 1. The number of carboxylic acid groups (broad SMARTS) is 1. The Bertz CT molecular complexity index is 419. The third-order valence-corrected chi connectivity index (χ3v) is 3.22. The largest absolute Gasteiger partial charge is 0.478 e. The second-order valence-corrected chi connectivity index (χ2v) is 4.56. The van der Waals surface area contributed by atoms with E-state index in [1.807, 2.05) is 0 Å². The van der Waals surface area contributed by atoms with Gasteiger partial charge in [0.25, 0.3) is 0 Å². The maximum absolute atomic E-state index is 13.0. The van der Waals surface area contributed by atoms with Crippen LogP contribution in [0.25, 0.3) is 0 Å². The lowest BCUT2D eigenvalue weighted by Crippen LogP contribution is -2.07. The number of benzene rings is 1. The predicted octanol–water partition coefficient (Wildman–Crippen LogP) is 1.28. The van der Waals surface area contributed by atoms with Crippen LogP contribution < -0.4 is 0 Å². The second kappa shape index (κ2) is 5.72. The lowest BCUT2D eigenvalue weighted by molar-refractivity contribution is 0.0691. The monoisotopic (exact) mass is 246 g/mol. The molecule has 88 valence electrons. The summed E-state index contributed by atoms with van der Waals surface area (Å²) in [6, 6.07) is 3.40. The summed E-state index contributed by atoms with van der Waals surface area (Å²) >= 11 is 0. The van der Waals surface area contributed by atoms with Crippen molar-refractivity contribution >= 4 is 16.8 Å². The van der Waals surface area contributed by atoms with Crippen LogP contribution in [0.4, 0.5) is 4.39 Å². The number of ether oxygens (including phenoxy) is 1. The lowest BCUT2D eigenvalue weighted by atomic mass is 10.2. The Morgan fingerprint density at radius 1 is 1.56 bits per heavy atom. The van der Waals surface area contributed by atoms with Crippen molar-refractivity contribution in [2.75, 3.05) is 19.5 Å². The average Bonchev–Trinajstić information content (AvgIpc) is 2.26. The summed E-state index contributed by atoms with van der Waals surface area (Å²) in [5.41, 5.74) is -0.469. The topological polar surface area (TPSA) is 63.6 Å². The van der Waals surface area contributed by atoms with Gasteiger partial charge in [0.1, 0.15) is 5.82 Å². The SMILES string of the molecule is COCCS(=O)c1ccc(F)c(C(=O)O)c1. The molecule has 0 saturated carbocycles. The van der Waals surface area contributed by atoms with E-state index in [9.17, 15) is 13.4 Å². The van der Waals surface area contributed by atoms with Gasteiger partial charge in [-0.15, -0.1) is 0 Å². The third kappa shape index (κ3) is 3.11. The minimum absolute atomic E-state index is 0.251. The number of hydrogen-bond donors (Lipinski definition) is 1. The van der Waals surface area contributed by atoms with Gasteiger partial charge in [-0.1, -0.05) is 0 Å². The molecule has 0 heterocycles. The van der Waals surface area contributed by atoms with Crippen molar-refractivity contribution in [2.45, 2.75) is 4.90 Å². The van der Waals surface area contributed by atoms with Gasteiger partial charge in [-0.25, -0.2) is 9.18 Å². The molecule has 0 bridgehead atoms. The van der Waals surface area contributed by atoms with Crippen LogP contribution in [-0.2, 0) is 15.5 Å². The molecule has 0 radical (unpaired) electrons. The Hall–Kier alpha value is -1.27. The van der Waals surface area contributed by atoms with E-state index >= 15 is 0 Å². The van der Waals surface area contributed by atoms with Crippen molar-refractivity contribution in [2.24, 2.45) is 0 Å². The van der Waals surface area contributed by atoms with Gasteiger partial charge >= 0.3 is 5.97 Å². The van der Waals surface area contributed by atoms with E-state index in [1.165, 1.54) is 13.2 Å². The molecule has 0 aromatic heterocycles. The number of rotatable bonds is 5. The van der Waals surface area contributed by atoms with E-state index in [1.54, 1.807) is 0 Å². The molecule has 1 N–H and O–H groups in total. The molecule has 0 spiro atoms. The van der Waals surface area contributed by atoms with E-state index in [0.717, 1.165) is 12.1 Å². The first-order valence-corrected chi connectivity index (χ1v) is 5.78. The molecule has 1 rings (SSSR count). The molecule has 0 saturated heterocycles. The highest BCUT2D eigenvalue weighted by atomic mass is 32.2. The molecular formula is C10H11FO4S. The van der Waals surface area contributed by atoms with E-state index in [-0.39, 0.29) is 10.6 Å². The molecular weight excluding hydrogens is 235 g/mol. The third-order valence-electron chi connectivity index (χ3n) is 1.90. The Balaban J connectivity index is 2.94. The van der Waals surface area contributed by atoms with Crippen molar-refractivity contribution in [3.05, 3.63) is 29.6 Å². The minimum atomic E-state index is -1.37. The van der Waals surface area contributed by atoms with Crippen molar-refractivity contribution in [3.8, 4) is 0 Å². The minimum Gasteiger partial charge on any atom is -0.478 e. The van der Waals surface area contributed by atoms with Gasteiger partial charge < -0.3 is 9.84 Å². The Labute approximate surface area is 94.5 Å². The molecule has 0 aliphatic rings. The van der Waals surface area contributed by atoms with Gasteiger partial charge in [0.05, 0.1) is 28.7 Å². The number of carboxylic acids is 1. The van der Waals surface area contributed by atoms with Gasteiger partial charge in [0, 0.05) is 12.0 Å². The van der Waals surface area contributed by atoms with Crippen LogP contribution in [0.5, 0.6) is 0 Å². The van der Waals surface area contributed by atoms with Crippen LogP contribution in [0.2, 0.25) is 0 Å². The zero-order valence-electron chi connectivity index (χ0n) is 8.60. The molecule has 1 aromatic carbocycles. The van der Waals surface area contributed by atoms with Gasteiger partial charge in [-0.05, 0) is 18.2 Å². The highest BCUT2D eigenvalue weighted by molar-refractivity contribution is 7.85. The first kappa shape index (κ1) is 12.8. The quantitative estimate of drug-likeness (QED) is 0.850. The molecule has 1 unspecified atom stereocenters. The Morgan fingerprint density at radius 2 is 2.25 bits per heavy atom. The van der Waals surface area contributed by atoms with E-state index < -0.39 is 28.1 Å². The van der Waals surface area contributed by atoms with E-state index in [0.29, 0.717) is 6.61 Å². The van der Waals surface area contributed by atoms with Crippen LogP contribution >= 0.6 is 0 Å². The van der Waals surface area contributed by atoms with Crippen LogP contribution in [0.1, 0.15) is 10.4 Å². The van der Waals surface area contributed by atoms with Gasteiger partial charge in [0.2, 0.25) is 0 Å². The maximum atomic E-state index is 13.0. The first-order chi connectivity index (χ1) is 7.56. The fourth-order valence-electron chi connectivity index (χ4n) is 1.09. The van der Waals surface area contributed by atoms with Crippen LogP contribution in [0.15, 0.2) is 23.1 Å². The number of halogens is 1. The average molecular weight is 246 g/mol. The van der Waals surface area contributed by atoms with Crippen molar-refractivity contribution < 1.29 is 23.2 Å². The molecule has 4 nitrogen and oxygen atoms in total. The number of hydrogen-bond acceptors (Lipinski definition) is 3. The second-order valence-electron chi connectivity index (χ2n) is 2.99.